The first-order valence-corrected chi connectivity index (χ1v) is 10.2. The molecule has 5 rings (SSSR count). The predicted octanol–water partition coefficient (Wildman–Crippen LogP) is 4.24. The molecule has 1 saturated carbocycles. The standard InChI is InChI=1S/C21H23NO3S/c1-12-8-13(2)21(14(3)9-12)26(23,24)22-19-11-18(15(19)4)17-7-6-16(25-5)10-20(17)22/h6-10,18-19H,4,11H2,1-3,5H3. The van der Waals surface area contributed by atoms with Gasteiger partial charge in [-0.1, -0.05) is 30.3 Å². The van der Waals surface area contributed by atoms with Crippen LogP contribution in [0, 0.1) is 20.8 Å². The molecule has 2 aromatic rings. The Morgan fingerprint density at radius 2 is 1.77 bits per heavy atom. The molecule has 2 heterocycles. The Morgan fingerprint density at radius 1 is 1.12 bits per heavy atom. The Kier molecular flexibility index (Phi) is 3.70. The molecule has 2 aliphatic heterocycles. The number of hydrogen-bond donors (Lipinski definition) is 0. The van der Waals surface area contributed by atoms with E-state index < -0.39 is 10.0 Å². The summed E-state index contributed by atoms with van der Waals surface area (Å²) in [6.07, 6.45) is 0.793. The number of hydrogen-bond acceptors (Lipinski definition) is 3. The minimum atomic E-state index is -3.71. The maximum Gasteiger partial charge on any atom is 0.265 e. The van der Waals surface area contributed by atoms with Gasteiger partial charge in [-0.05, 0) is 55.5 Å². The van der Waals surface area contributed by atoms with Gasteiger partial charge in [0.2, 0.25) is 0 Å². The van der Waals surface area contributed by atoms with Crippen LogP contribution in [-0.4, -0.2) is 21.6 Å². The molecule has 26 heavy (non-hydrogen) atoms. The lowest BCUT2D eigenvalue weighted by atomic mass is 9.68. The van der Waals surface area contributed by atoms with Gasteiger partial charge in [-0.15, -0.1) is 0 Å². The molecule has 3 aliphatic rings. The number of nitrogens with zero attached hydrogens (tertiary/aromatic N) is 1. The molecule has 2 atom stereocenters. The molecule has 0 spiro atoms. The topological polar surface area (TPSA) is 46.6 Å². The number of sulfonamides is 1. The van der Waals surface area contributed by atoms with Crippen LogP contribution in [0.3, 0.4) is 0 Å². The fraction of sp³-hybridized carbons (Fsp3) is 0.333. The van der Waals surface area contributed by atoms with Crippen molar-refractivity contribution >= 4 is 15.7 Å². The van der Waals surface area contributed by atoms with Crippen LogP contribution in [0.2, 0.25) is 0 Å². The monoisotopic (exact) mass is 369 g/mol. The third kappa shape index (κ3) is 2.23. The first-order chi connectivity index (χ1) is 12.3. The van der Waals surface area contributed by atoms with Crippen molar-refractivity contribution in [1.82, 2.24) is 0 Å². The second-order valence-corrected chi connectivity index (χ2v) is 9.08. The van der Waals surface area contributed by atoms with E-state index in [0.717, 1.165) is 39.9 Å². The van der Waals surface area contributed by atoms with Gasteiger partial charge in [-0.3, -0.25) is 4.31 Å². The highest BCUT2D eigenvalue weighted by Crippen LogP contribution is 2.55. The zero-order valence-corrected chi connectivity index (χ0v) is 16.4. The van der Waals surface area contributed by atoms with Crippen molar-refractivity contribution in [1.29, 1.82) is 0 Å². The van der Waals surface area contributed by atoms with E-state index in [2.05, 4.69) is 6.58 Å². The van der Waals surface area contributed by atoms with E-state index in [1.807, 2.05) is 51.1 Å². The molecule has 0 radical (unpaired) electrons. The normalized spacial score (nSPS) is 21.2. The largest absolute Gasteiger partial charge is 0.497 e. The molecular formula is C21H23NO3S. The fourth-order valence-electron chi connectivity index (χ4n) is 4.44. The van der Waals surface area contributed by atoms with Gasteiger partial charge in [0.05, 0.1) is 23.7 Å². The van der Waals surface area contributed by atoms with Crippen molar-refractivity contribution in [2.75, 3.05) is 11.4 Å². The molecule has 2 aromatic carbocycles. The lowest BCUT2D eigenvalue weighted by Gasteiger charge is -2.51. The summed E-state index contributed by atoms with van der Waals surface area (Å²) in [5.41, 5.74) is 5.33. The van der Waals surface area contributed by atoms with Crippen LogP contribution in [0.25, 0.3) is 0 Å². The van der Waals surface area contributed by atoms with Crippen LogP contribution >= 0.6 is 0 Å². The van der Waals surface area contributed by atoms with E-state index >= 15 is 0 Å². The molecule has 1 fully saturated rings. The fourth-order valence-corrected chi connectivity index (χ4v) is 6.55. The first kappa shape index (κ1) is 17.2. The molecule has 5 heteroatoms. The molecule has 0 aromatic heterocycles. The average molecular weight is 369 g/mol. The van der Waals surface area contributed by atoms with Crippen molar-refractivity contribution in [3.05, 3.63) is 64.7 Å². The minimum Gasteiger partial charge on any atom is -0.497 e. The van der Waals surface area contributed by atoms with E-state index in [9.17, 15) is 8.42 Å². The summed E-state index contributed by atoms with van der Waals surface area (Å²) in [7, 11) is -2.11. The van der Waals surface area contributed by atoms with E-state index in [1.165, 1.54) is 0 Å². The van der Waals surface area contributed by atoms with Crippen molar-refractivity contribution in [2.24, 2.45) is 0 Å². The summed E-state index contributed by atoms with van der Waals surface area (Å²) >= 11 is 0. The van der Waals surface area contributed by atoms with Crippen LogP contribution in [0.15, 0.2) is 47.4 Å². The lowest BCUT2D eigenvalue weighted by molar-refractivity contribution is 0.411. The highest BCUT2D eigenvalue weighted by molar-refractivity contribution is 7.93. The molecule has 0 amide bonds. The Balaban J connectivity index is 1.95. The summed E-state index contributed by atoms with van der Waals surface area (Å²) < 4.78 is 34.4. The second kappa shape index (κ2) is 5.61. The van der Waals surface area contributed by atoms with Gasteiger partial charge < -0.3 is 4.74 Å². The number of aryl methyl sites for hydroxylation is 3. The molecule has 2 unspecified atom stereocenters. The smallest absolute Gasteiger partial charge is 0.265 e. The van der Waals surface area contributed by atoms with Crippen molar-refractivity contribution < 1.29 is 13.2 Å². The summed E-state index contributed by atoms with van der Waals surface area (Å²) in [4.78, 5) is 0.398. The van der Waals surface area contributed by atoms with Gasteiger partial charge in [0.15, 0.2) is 0 Å². The number of methoxy groups -OCH3 is 1. The zero-order chi connectivity index (χ0) is 18.8. The maximum absolute atomic E-state index is 13.7. The average Bonchev–Trinajstić information content (AvgIpc) is 2.58. The third-order valence-corrected chi connectivity index (χ3v) is 7.72. The summed E-state index contributed by atoms with van der Waals surface area (Å²) in [5.74, 6) is 0.904. The molecule has 2 bridgehead atoms. The number of ether oxygens (including phenoxy) is 1. The zero-order valence-electron chi connectivity index (χ0n) is 15.5. The van der Waals surface area contributed by atoms with Crippen molar-refractivity contribution in [3.8, 4) is 5.75 Å². The minimum absolute atomic E-state index is 0.176. The van der Waals surface area contributed by atoms with Gasteiger partial charge in [0, 0.05) is 12.0 Å². The number of benzene rings is 2. The summed E-state index contributed by atoms with van der Waals surface area (Å²) in [6.45, 7) is 9.87. The molecule has 1 aliphatic carbocycles. The Hall–Kier alpha value is -2.27. The summed E-state index contributed by atoms with van der Waals surface area (Å²) in [5, 5.41) is 0. The van der Waals surface area contributed by atoms with Gasteiger partial charge in [0.25, 0.3) is 10.0 Å². The second-order valence-electron chi connectivity index (χ2n) is 7.33. The number of rotatable bonds is 3. The molecule has 136 valence electrons. The first-order valence-electron chi connectivity index (χ1n) is 8.74. The van der Waals surface area contributed by atoms with Crippen LogP contribution < -0.4 is 9.04 Å². The van der Waals surface area contributed by atoms with Crippen LogP contribution in [0.4, 0.5) is 5.69 Å². The third-order valence-electron chi connectivity index (χ3n) is 5.59. The lowest BCUT2D eigenvalue weighted by Crippen LogP contribution is -2.53. The van der Waals surface area contributed by atoms with Crippen LogP contribution in [0.1, 0.15) is 34.6 Å². The van der Waals surface area contributed by atoms with E-state index in [4.69, 9.17) is 4.74 Å². The van der Waals surface area contributed by atoms with Gasteiger partial charge in [-0.2, -0.15) is 0 Å². The molecule has 0 N–H and O–H groups in total. The maximum atomic E-state index is 13.7. The highest BCUT2D eigenvalue weighted by Gasteiger charge is 2.50. The Labute approximate surface area is 155 Å². The van der Waals surface area contributed by atoms with E-state index in [-0.39, 0.29) is 12.0 Å². The highest BCUT2D eigenvalue weighted by atomic mass is 32.2. The molecular weight excluding hydrogens is 346 g/mol. The Morgan fingerprint density at radius 3 is 2.35 bits per heavy atom. The van der Waals surface area contributed by atoms with E-state index in [1.54, 1.807) is 11.4 Å². The summed E-state index contributed by atoms with van der Waals surface area (Å²) in [6, 6.07) is 9.36. The number of anilines is 1. The van der Waals surface area contributed by atoms with Crippen LogP contribution in [0.5, 0.6) is 5.75 Å². The predicted molar refractivity (Wildman–Crippen MR) is 104 cm³/mol. The van der Waals surface area contributed by atoms with Gasteiger partial charge in [-0.25, -0.2) is 8.42 Å². The Bertz CT molecular complexity index is 1020. The van der Waals surface area contributed by atoms with Crippen molar-refractivity contribution in [2.45, 2.75) is 44.0 Å². The quantitative estimate of drug-likeness (QED) is 0.760. The SMILES string of the molecule is C=C1C2CC1N(S(=O)(=O)c1c(C)cc(C)cc1C)c1cc(OC)ccc12. The van der Waals surface area contributed by atoms with Gasteiger partial charge >= 0.3 is 0 Å². The van der Waals surface area contributed by atoms with Crippen LogP contribution in [-0.2, 0) is 10.0 Å². The van der Waals surface area contributed by atoms with Gasteiger partial charge in [0.1, 0.15) is 5.75 Å². The van der Waals surface area contributed by atoms with Crippen molar-refractivity contribution in [3.63, 3.8) is 0 Å². The van der Waals surface area contributed by atoms with E-state index in [0.29, 0.717) is 10.6 Å². The molecule has 4 nitrogen and oxygen atoms in total. The molecule has 0 saturated heterocycles.